The van der Waals surface area contributed by atoms with Crippen LogP contribution in [-0.4, -0.2) is 44.2 Å². The van der Waals surface area contributed by atoms with E-state index in [9.17, 15) is 14.4 Å². The van der Waals surface area contributed by atoms with Gasteiger partial charge in [-0.15, -0.1) is 0 Å². The summed E-state index contributed by atoms with van der Waals surface area (Å²) in [5.74, 6) is -1.11. The lowest BCUT2D eigenvalue weighted by molar-refractivity contribution is -0.137. The molecule has 2 amide bonds. The Labute approximate surface area is 138 Å². The zero-order valence-corrected chi connectivity index (χ0v) is 13.7. The van der Waals surface area contributed by atoms with Crippen molar-refractivity contribution in [2.75, 3.05) is 21.3 Å². The van der Waals surface area contributed by atoms with Crippen LogP contribution in [0.3, 0.4) is 0 Å². The molecule has 0 spiro atoms. The van der Waals surface area contributed by atoms with Crippen LogP contribution in [0.2, 0.25) is 0 Å². The highest BCUT2D eigenvalue weighted by Crippen LogP contribution is 2.38. The van der Waals surface area contributed by atoms with E-state index in [2.05, 4.69) is 10.9 Å². The Kier molecular flexibility index (Phi) is 7.34. The third-order valence-electron chi connectivity index (χ3n) is 3.04. The van der Waals surface area contributed by atoms with Gasteiger partial charge in [-0.1, -0.05) is 0 Å². The second kappa shape index (κ2) is 9.23. The molecule has 9 nitrogen and oxygen atoms in total. The van der Waals surface area contributed by atoms with Crippen molar-refractivity contribution in [3.8, 4) is 17.2 Å². The zero-order valence-electron chi connectivity index (χ0n) is 13.7. The maximum Gasteiger partial charge on any atom is 0.303 e. The third-order valence-corrected chi connectivity index (χ3v) is 3.04. The first kappa shape index (κ1) is 19.1. The Hall–Kier alpha value is -2.97. The lowest BCUT2D eigenvalue weighted by Gasteiger charge is -2.14. The lowest BCUT2D eigenvalue weighted by atomic mass is 10.1. The van der Waals surface area contributed by atoms with E-state index in [-0.39, 0.29) is 24.8 Å². The van der Waals surface area contributed by atoms with Crippen molar-refractivity contribution in [1.29, 1.82) is 0 Å². The molecule has 3 N–H and O–H groups in total. The predicted molar refractivity (Wildman–Crippen MR) is 83.2 cm³/mol. The molecular formula is C15H20N2O7. The van der Waals surface area contributed by atoms with E-state index in [4.69, 9.17) is 19.3 Å². The number of carboxylic acids is 1. The minimum absolute atomic E-state index is 0.0121. The monoisotopic (exact) mass is 340 g/mol. The highest BCUT2D eigenvalue weighted by molar-refractivity contribution is 5.96. The molecule has 24 heavy (non-hydrogen) atoms. The summed E-state index contributed by atoms with van der Waals surface area (Å²) in [7, 11) is 4.28. The van der Waals surface area contributed by atoms with E-state index in [1.54, 1.807) is 0 Å². The largest absolute Gasteiger partial charge is 0.493 e. The Morgan fingerprint density at radius 2 is 1.54 bits per heavy atom. The Morgan fingerprint density at radius 3 is 2.00 bits per heavy atom. The fourth-order valence-electron chi connectivity index (χ4n) is 1.87. The van der Waals surface area contributed by atoms with Crippen molar-refractivity contribution < 1.29 is 33.7 Å². The van der Waals surface area contributed by atoms with Crippen molar-refractivity contribution in [2.24, 2.45) is 0 Å². The van der Waals surface area contributed by atoms with E-state index in [1.165, 1.54) is 33.5 Å². The number of carboxylic acid groups (broad SMARTS) is 1. The van der Waals surface area contributed by atoms with Crippen LogP contribution in [0.15, 0.2) is 12.1 Å². The molecule has 0 saturated carbocycles. The number of carbonyl (C=O) groups excluding carboxylic acids is 2. The SMILES string of the molecule is COc1cc(C(=O)NNC(=O)CCCC(=O)O)cc(OC)c1OC. The molecule has 0 unspecified atom stereocenters. The maximum absolute atomic E-state index is 12.1. The number of nitrogens with one attached hydrogen (secondary N) is 2. The average Bonchev–Trinajstić information content (AvgIpc) is 2.57. The molecule has 132 valence electrons. The van der Waals surface area contributed by atoms with Crippen LogP contribution in [0.5, 0.6) is 17.2 Å². The van der Waals surface area contributed by atoms with Gasteiger partial charge in [0.15, 0.2) is 11.5 Å². The fraction of sp³-hybridized carbons (Fsp3) is 0.400. The van der Waals surface area contributed by atoms with Gasteiger partial charge in [0.1, 0.15) is 0 Å². The highest BCUT2D eigenvalue weighted by Gasteiger charge is 2.17. The number of hydrogen-bond acceptors (Lipinski definition) is 6. The lowest BCUT2D eigenvalue weighted by Crippen LogP contribution is -2.41. The van der Waals surface area contributed by atoms with Crippen LogP contribution >= 0.6 is 0 Å². The van der Waals surface area contributed by atoms with E-state index < -0.39 is 17.8 Å². The summed E-state index contributed by atoms with van der Waals surface area (Å²) >= 11 is 0. The fourth-order valence-corrected chi connectivity index (χ4v) is 1.87. The molecule has 0 bridgehead atoms. The van der Waals surface area contributed by atoms with Crippen LogP contribution in [0.25, 0.3) is 0 Å². The first-order valence-electron chi connectivity index (χ1n) is 7.03. The van der Waals surface area contributed by atoms with Crippen LogP contribution in [0.4, 0.5) is 0 Å². The van der Waals surface area contributed by atoms with Crippen molar-refractivity contribution >= 4 is 17.8 Å². The maximum atomic E-state index is 12.1. The number of benzene rings is 1. The summed E-state index contributed by atoms with van der Waals surface area (Å²) in [5.41, 5.74) is 4.64. The molecule has 0 aliphatic heterocycles. The van der Waals surface area contributed by atoms with Gasteiger partial charge in [0.25, 0.3) is 5.91 Å². The number of hydrazine groups is 1. The average molecular weight is 340 g/mol. The van der Waals surface area contributed by atoms with Gasteiger partial charge in [0.05, 0.1) is 21.3 Å². The van der Waals surface area contributed by atoms with Crippen LogP contribution in [-0.2, 0) is 9.59 Å². The molecule has 0 radical (unpaired) electrons. The van der Waals surface area contributed by atoms with Gasteiger partial charge in [-0.2, -0.15) is 0 Å². The topological polar surface area (TPSA) is 123 Å². The third kappa shape index (κ3) is 5.34. The van der Waals surface area contributed by atoms with Gasteiger partial charge in [-0.25, -0.2) is 0 Å². The Morgan fingerprint density at radius 1 is 0.958 bits per heavy atom. The van der Waals surface area contributed by atoms with Gasteiger partial charge in [-0.3, -0.25) is 25.2 Å². The van der Waals surface area contributed by atoms with Crippen molar-refractivity contribution in [2.45, 2.75) is 19.3 Å². The zero-order chi connectivity index (χ0) is 18.1. The molecule has 0 atom stereocenters. The van der Waals surface area contributed by atoms with Crippen molar-refractivity contribution in [3.05, 3.63) is 17.7 Å². The van der Waals surface area contributed by atoms with Crippen LogP contribution in [0.1, 0.15) is 29.6 Å². The van der Waals surface area contributed by atoms with Crippen molar-refractivity contribution in [1.82, 2.24) is 10.9 Å². The summed E-state index contributed by atoms with van der Waals surface area (Å²) in [6.45, 7) is 0. The summed E-state index contributed by atoms with van der Waals surface area (Å²) in [6, 6.07) is 2.88. The van der Waals surface area contributed by atoms with Gasteiger partial charge in [-0.05, 0) is 18.6 Å². The minimum atomic E-state index is -0.982. The van der Waals surface area contributed by atoms with Gasteiger partial charge >= 0.3 is 5.97 Å². The number of ether oxygens (including phenoxy) is 3. The van der Waals surface area contributed by atoms with E-state index in [1.807, 2.05) is 0 Å². The second-order valence-electron chi connectivity index (χ2n) is 4.66. The van der Waals surface area contributed by atoms with Gasteiger partial charge in [0, 0.05) is 18.4 Å². The summed E-state index contributed by atoms with van der Waals surface area (Å²) in [4.78, 5) is 34.0. The molecule has 0 aliphatic rings. The van der Waals surface area contributed by atoms with E-state index >= 15 is 0 Å². The molecule has 1 aromatic carbocycles. The van der Waals surface area contributed by atoms with Crippen LogP contribution < -0.4 is 25.1 Å². The molecule has 0 saturated heterocycles. The first-order valence-corrected chi connectivity index (χ1v) is 7.03. The minimum Gasteiger partial charge on any atom is -0.493 e. The molecule has 0 aliphatic carbocycles. The molecular weight excluding hydrogens is 320 g/mol. The molecule has 1 rings (SSSR count). The first-order chi connectivity index (χ1) is 11.4. The number of rotatable bonds is 8. The molecule has 9 heteroatoms. The number of hydrogen-bond donors (Lipinski definition) is 3. The quantitative estimate of drug-likeness (QED) is 0.596. The van der Waals surface area contributed by atoms with E-state index in [0.29, 0.717) is 17.2 Å². The number of amides is 2. The Balaban J connectivity index is 2.71. The summed E-state index contributed by atoms with van der Waals surface area (Å²) in [5, 5.41) is 8.50. The van der Waals surface area contributed by atoms with Gasteiger partial charge < -0.3 is 19.3 Å². The number of carbonyl (C=O) groups is 3. The summed E-state index contributed by atoms with van der Waals surface area (Å²) < 4.78 is 15.4. The molecule has 0 fully saturated rings. The van der Waals surface area contributed by atoms with Crippen molar-refractivity contribution in [3.63, 3.8) is 0 Å². The molecule has 0 heterocycles. The standard InChI is InChI=1S/C15H20N2O7/c1-22-10-7-9(8-11(23-2)14(10)24-3)15(21)17-16-12(18)5-4-6-13(19)20/h7-8H,4-6H2,1-3H3,(H,16,18)(H,17,21)(H,19,20). The van der Waals surface area contributed by atoms with E-state index in [0.717, 1.165) is 0 Å². The molecule has 1 aromatic rings. The van der Waals surface area contributed by atoms with Gasteiger partial charge in [0.2, 0.25) is 11.7 Å². The smallest absolute Gasteiger partial charge is 0.303 e. The second-order valence-corrected chi connectivity index (χ2v) is 4.66. The number of methoxy groups -OCH3 is 3. The molecule has 0 aromatic heterocycles. The normalized spacial score (nSPS) is 9.79. The van der Waals surface area contributed by atoms with Crippen LogP contribution in [0, 0.1) is 0 Å². The highest BCUT2D eigenvalue weighted by atomic mass is 16.5. The Bertz CT molecular complexity index is 591. The number of aliphatic carboxylic acids is 1. The predicted octanol–water partition coefficient (Wildman–Crippen LogP) is 0.728. The summed E-state index contributed by atoms with van der Waals surface area (Å²) in [6.07, 6.45) is 0.0529.